The summed E-state index contributed by atoms with van der Waals surface area (Å²) >= 11 is 7.70. The summed E-state index contributed by atoms with van der Waals surface area (Å²) in [4.78, 5) is 12.9. The standard InChI is InChI=1S/C17H15ClO2S/c18-13-7-5-11(6-8-13)15(17(19)20)9-12-10-21-16-4-2-1-3-14(12)16/h1-8,12,15H,9-10H2,(H,19,20). The fraction of sp³-hybridized carbons (Fsp3) is 0.235. The molecule has 1 aliphatic rings. The Kier molecular flexibility index (Phi) is 4.22. The van der Waals surface area contributed by atoms with Crippen LogP contribution in [0.2, 0.25) is 5.02 Å². The minimum absolute atomic E-state index is 0.294. The third-order valence-electron chi connectivity index (χ3n) is 3.89. The van der Waals surface area contributed by atoms with Crippen LogP contribution in [0.25, 0.3) is 0 Å². The fourth-order valence-corrected chi connectivity index (χ4v) is 4.18. The zero-order valence-electron chi connectivity index (χ0n) is 11.3. The van der Waals surface area contributed by atoms with Crippen molar-refractivity contribution >= 4 is 29.3 Å². The highest BCUT2D eigenvalue weighted by Crippen LogP contribution is 2.43. The number of thioether (sulfide) groups is 1. The molecule has 1 aliphatic heterocycles. The maximum absolute atomic E-state index is 11.6. The Morgan fingerprint density at radius 3 is 2.67 bits per heavy atom. The van der Waals surface area contributed by atoms with E-state index in [1.54, 1.807) is 12.1 Å². The molecule has 21 heavy (non-hydrogen) atoms. The second-order valence-electron chi connectivity index (χ2n) is 5.22. The molecule has 2 atom stereocenters. The van der Waals surface area contributed by atoms with E-state index < -0.39 is 11.9 Å². The van der Waals surface area contributed by atoms with Crippen molar-refractivity contribution in [3.63, 3.8) is 0 Å². The van der Waals surface area contributed by atoms with E-state index in [9.17, 15) is 9.90 Å². The molecule has 3 rings (SSSR count). The molecule has 1 N–H and O–H groups in total. The van der Waals surface area contributed by atoms with Crippen LogP contribution in [0.4, 0.5) is 0 Å². The zero-order chi connectivity index (χ0) is 14.8. The van der Waals surface area contributed by atoms with Crippen LogP contribution in [-0.2, 0) is 4.79 Å². The Balaban J connectivity index is 1.84. The van der Waals surface area contributed by atoms with Gasteiger partial charge in [-0.3, -0.25) is 4.79 Å². The van der Waals surface area contributed by atoms with Crippen molar-refractivity contribution in [2.24, 2.45) is 0 Å². The SMILES string of the molecule is O=C(O)C(CC1CSc2ccccc21)c1ccc(Cl)cc1. The molecule has 2 aromatic rings. The normalized spacial score (nSPS) is 18.2. The number of hydrogen-bond donors (Lipinski definition) is 1. The Bertz CT molecular complexity index is 654. The predicted molar refractivity (Wildman–Crippen MR) is 86.4 cm³/mol. The Labute approximate surface area is 133 Å². The van der Waals surface area contributed by atoms with E-state index in [0.29, 0.717) is 17.4 Å². The molecule has 0 radical (unpaired) electrons. The van der Waals surface area contributed by atoms with Gasteiger partial charge < -0.3 is 5.11 Å². The average molecular weight is 319 g/mol. The fourth-order valence-electron chi connectivity index (χ4n) is 2.78. The van der Waals surface area contributed by atoms with Crippen LogP contribution in [0.15, 0.2) is 53.4 Å². The van der Waals surface area contributed by atoms with E-state index >= 15 is 0 Å². The van der Waals surface area contributed by atoms with Gasteiger partial charge in [-0.2, -0.15) is 0 Å². The summed E-state index contributed by atoms with van der Waals surface area (Å²) in [6, 6.07) is 15.4. The first-order chi connectivity index (χ1) is 10.1. The molecule has 0 spiro atoms. The van der Waals surface area contributed by atoms with Crippen LogP contribution >= 0.6 is 23.4 Å². The van der Waals surface area contributed by atoms with Crippen molar-refractivity contribution in [1.82, 2.24) is 0 Å². The molecule has 2 nitrogen and oxygen atoms in total. The molecule has 0 aromatic heterocycles. The van der Waals surface area contributed by atoms with Crippen molar-refractivity contribution in [2.75, 3.05) is 5.75 Å². The molecule has 0 saturated carbocycles. The highest BCUT2D eigenvalue weighted by atomic mass is 35.5. The van der Waals surface area contributed by atoms with E-state index in [1.807, 2.05) is 36.0 Å². The summed E-state index contributed by atoms with van der Waals surface area (Å²) in [6.07, 6.45) is 0.626. The van der Waals surface area contributed by atoms with Gasteiger partial charge in [-0.25, -0.2) is 0 Å². The predicted octanol–water partition coefficient (Wildman–Crippen LogP) is 4.79. The lowest BCUT2D eigenvalue weighted by molar-refractivity contribution is -0.139. The van der Waals surface area contributed by atoms with E-state index in [4.69, 9.17) is 11.6 Å². The lowest BCUT2D eigenvalue weighted by Crippen LogP contribution is -2.15. The van der Waals surface area contributed by atoms with Gasteiger partial charge in [0.15, 0.2) is 0 Å². The molecule has 0 aliphatic carbocycles. The third-order valence-corrected chi connectivity index (χ3v) is 5.39. The van der Waals surface area contributed by atoms with E-state index in [1.165, 1.54) is 10.5 Å². The Morgan fingerprint density at radius 1 is 1.24 bits per heavy atom. The number of carbonyl (C=O) groups is 1. The number of rotatable bonds is 4. The van der Waals surface area contributed by atoms with Gasteiger partial charge in [-0.15, -0.1) is 11.8 Å². The smallest absolute Gasteiger partial charge is 0.310 e. The zero-order valence-corrected chi connectivity index (χ0v) is 12.9. The van der Waals surface area contributed by atoms with Crippen LogP contribution in [-0.4, -0.2) is 16.8 Å². The number of hydrogen-bond acceptors (Lipinski definition) is 2. The van der Waals surface area contributed by atoms with Gasteiger partial charge in [0.1, 0.15) is 0 Å². The van der Waals surface area contributed by atoms with Crippen molar-refractivity contribution in [2.45, 2.75) is 23.2 Å². The summed E-state index contributed by atoms with van der Waals surface area (Å²) in [6.45, 7) is 0. The molecule has 2 unspecified atom stereocenters. The second kappa shape index (κ2) is 6.12. The monoisotopic (exact) mass is 318 g/mol. The number of carboxylic acids is 1. The van der Waals surface area contributed by atoms with Crippen LogP contribution < -0.4 is 0 Å². The molecule has 108 valence electrons. The highest BCUT2D eigenvalue weighted by molar-refractivity contribution is 7.99. The highest BCUT2D eigenvalue weighted by Gasteiger charge is 2.29. The number of fused-ring (bicyclic) bond motifs is 1. The van der Waals surface area contributed by atoms with Gasteiger partial charge in [-0.05, 0) is 41.7 Å². The van der Waals surface area contributed by atoms with Gasteiger partial charge in [-0.1, -0.05) is 41.9 Å². The van der Waals surface area contributed by atoms with Gasteiger partial charge in [0.2, 0.25) is 0 Å². The maximum atomic E-state index is 11.6. The number of benzene rings is 2. The van der Waals surface area contributed by atoms with Crippen LogP contribution in [0.3, 0.4) is 0 Å². The first-order valence-corrected chi connectivity index (χ1v) is 8.21. The number of aliphatic carboxylic acids is 1. The number of carboxylic acid groups (broad SMARTS) is 1. The molecular weight excluding hydrogens is 304 g/mol. The first kappa shape index (κ1) is 14.5. The largest absolute Gasteiger partial charge is 0.481 e. The molecule has 2 aromatic carbocycles. The number of halogens is 1. The second-order valence-corrected chi connectivity index (χ2v) is 6.72. The van der Waals surface area contributed by atoms with E-state index in [0.717, 1.165) is 11.3 Å². The summed E-state index contributed by atoms with van der Waals surface area (Å²) in [5, 5.41) is 10.2. The lowest BCUT2D eigenvalue weighted by Gasteiger charge is -2.18. The summed E-state index contributed by atoms with van der Waals surface area (Å²) < 4.78 is 0. The topological polar surface area (TPSA) is 37.3 Å². The van der Waals surface area contributed by atoms with Gasteiger partial charge >= 0.3 is 5.97 Å². The van der Waals surface area contributed by atoms with Gasteiger partial charge in [0, 0.05) is 15.7 Å². The first-order valence-electron chi connectivity index (χ1n) is 6.85. The Morgan fingerprint density at radius 2 is 1.95 bits per heavy atom. The van der Waals surface area contributed by atoms with Gasteiger partial charge in [0.05, 0.1) is 5.92 Å². The lowest BCUT2D eigenvalue weighted by atomic mass is 9.86. The summed E-state index contributed by atoms with van der Waals surface area (Å²) in [5.74, 6) is -0.00909. The van der Waals surface area contributed by atoms with Gasteiger partial charge in [0.25, 0.3) is 0 Å². The average Bonchev–Trinajstić information content (AvgIpc) is 2.89. The van der Waals surface area contributed by atoms with E-state index in [-0.39, 0.29) is 0 Å². The van der Waals surface area contributed by atoms with Crippen LogP contribution in [0.1, 0.15) is 29.4 Å². The third kappa shape index (κ3) is 3.09. The molecule has 0 bridgehead atoms. The van der Waals surface area contributed by atoms with Crippen molar-refractivity contribution in [3.05, 3.63) is 64.7 Å². The van der Waals surface area contributed by atoms with E-state index in [2.05, 4.69) is 12.1 Å². The molecule has 4 heteroatoms. The molecule has 0 fully saturated rings. The van der Waals surface area contributed by atoms with Crippen LogP contribution in [0, 0.1) is 0 Å². The van der Waals surface area contributed by atoms with Crippen molar-refractivity contribution < 1.29 is 9.90 Å². The molecular formula is C17H15ClO2S. The molecule has 0 saturated heterocycles. The quantitative estimate of drug-likeness (QED) is 0.880. The maximum Gasteiger partial charge on any atom is 0.310 e. The minimum atomic E-state index is -0.772. The Hall–Kier alpha value is -1.45. The summed E-state index contributed by atoms with van der Waals surface area (Å²) in [7, 11) is 0. The van der Waals surface area contributed by atoms with Crippen molar-refractivity contribution in [3.8, 4) is 0 Å². The molecule has 1 heterocycles. The van der Waals surface area contributed by atoms with Crippen molar-refractivity contribution in [1.29, 1.82) is 0 Å². The minimum Gasteiger partial charge on any atom is -0.481 e. The summed E-state index contributed by atoms with van der Waals surface area (Å²) in [5.41, 5.74) is 2.10. The molecule has 0 amide bonds. The van der Waals surface area contributed by atoms with Crippen LogP contribution in [0.5, 0.6) is 0 Å².